The van der Waals surface area contributed by atoms with Gasteiger partial charge in [0.2, 0.25) is 0 Å². The number of halogens is 1. The Hall–Kier alpha value is -1.52. The van der Waals surface area contributed by atoms with Gasteiger partial charge >= 0.3 is 0 Å². The number of nitrogens with one attached hydrogen (secondary N) is 1. The van der Waals surface area contributed by atoms with Gasteiger partial charge in [-0.15, -0.1) is 0 Å². The standard InChI is InChI=1S/C17H20ClN3S/c1-11-4-6-14(10-15(11)18)19-17(22)21-9-8-20-12(2)5-7-16(20)13(21)3/h4-7,10,13H,8-9H2,1-3H3,(H,19,22)/t13-/m1/s1. The zero-order chi connectivity index (χ0) is 15.9. The van der Waals surface area contributed by atoms with Crippen LogP contribution in [-0.2, 0) is 6.54 Å². The highest BCUT2D eigenvalue weighted by Crippen LogP contribution is 2.28. The highest BCUT2D eigenvalue weighted by Gasteiger charge is 2.26. The average Bonchev–Trinajstić information content (AvgIpc) is 2.86. The maximum absolute atomic E-state index is 6.18. The number of nitrogens with zero attached hydrogens (tertiary/aromatic N) is 2. The topological polar surface area (TPSA) is 20.2 Å². The van der Waals surface area contributed by atoms with Crippen LogP contribution in [0, 0.1) is 13.8 Å². The highest BCUT2D eigenvalue weighted by molar-refractivity contribution is 7.80. The first-order chi connectivity index (χ1) is 10.5. The van der Waals surface area contributed by atoms with Crippen LogP contribution in [0.2, 0.25) is 5.02 Å². The van der Waals surface area contributed by atoms with Crippen molar-refractivity contribution in [3.8, 4) is 0 Å². The molecule has 1 aromatic carbocycles. The molecule has 22 heavy (non-hydrogen) atoms. The molecule has 1 atom stereocenters. The van der Waals surface area contributed by atoms with E-state index in [-0.39, 0.29) is 6.04 Å². The lowest BCUT2D eigenvalue weighted by molar-refractivity contribution is 0.274. The number of aromatic nitrogens is 1. The fourth-order valence-corrected chi connectivity index (χ4v) is 3.51. The summed E-state index contributed by atoms with van der Waals surface area (Å²) < 4.78 is 2.37. The molecule has 3 rings (SSSR count). The first-order valence-electron chi connectivity index (χ1n) is 7.47. The number of fused-ring (bicyclic) bond motifs is 1. The molecule has 0 spiro atoms. The van der Waals surface area contributed by atoms with Crippen molar-refractivity contribution in [2.45, 2.75) is 33.4 Å². The van der Waals surface area contributed by atoms with Gasteiger partial charge in [-0.2, -0.15) is 0 Å². The van der Waals surface area contributed by atoms with Crippen LogP contribution in [0.15, 0.2) is 30.3 Å². The number of rotatable bonds is 1. The fourth-order valence-electron chi connectivity index (χ4n) is 2.96. The predicted molar refractivity (Wildman–Crippen MR) is 96.7 cm³/mol. The zero-order valence-corrected chi connectivity index (χ0v) is 14.6. The Labute approximate surface area is 141 Å². The first kappa shape index (κ1) is 15.4. The van der Waals surface area contributed by atoms with Crippen LogP contribution in [0.4, 0.5) is 5.69 Å². The van der Waals surface area contributed by atoms with E-state index in [4.69, 9.17) is 23.8 Å². The van der Waals surface area contributed by atoms with E-state index < -0.39 is 0 Å². The molecule has 1 N–H and O–H groups in total. The third-order valence-electron chi connectivity index (χ3n) is 4.38. The Kier molecular flexibility index (Phi) is 4.15. The summed E-state index contributed by atoms with van der Waals surface area (Å²) in [5, 5.41) is 4.81. The van der Waals surface area contributed by atoms with Gasteiger partial charge in [0.1, 0.15) is 0 Å². The van der Waals surface area contributed by atoms with Crippen LogP contribution in [0.25, 0.3) is 0 Å². The van der Waals surface area contributed by atoms with Crippen molar-refractivity contribution in [2.24, 2.45) is 0 Å². The molecular weight excluding hydrogens is 314 g/mol. The molecule has 2 aromatic rings. The fraction of sp³-hybridized carbons (Fsp3) is 0.353. The lowest BCUT2D eigenvalue weighted by Crippen LogP contribution is -2.43. The number of benzene rings is 1. The minimum Gasteiger partial charge on any atom is -0.345 e. The largest absolute Gasteiger partial charge is 0.345 e. The van der Waals surface area contributed by atoms with Crippen molar-refractivity contribution in [3.05, 3.63) is 52.3 Å². The summed E-state index contributed by atoms with van der Waals surface area (Å²) in [7, 11) is 0. The van der Waals surface area contributed by atoms with Gasteiger partial charge in [-0.25, -0.2) is 0 Å². The molecule has 2 heterocycles. The molecule has 3 nitrogen and oxygen atoms in total. The van der Waals surface area contributed by atoms with Crippen molar-refractivity contribution >= 4 is 34.6 Å². The Balaban J connectivity index is 1.77. The van der Waals surface area contributed by atoms with E-state index in [1.54, 1.807) is 0 Å². The van der Waals surface area contributed by atoms with Gasteiger partial charge in [-0.3, -0.25) is 0 Å². The van der Waals surface area contributed by atoms with Crippen LogP contribution in [0.3, 0.4) is 0 Å². The SMILES string of the molecule is Cc1ccc(NC(=S)N2CCn3c(C)ccc3[C@H]2C)cc1Cl. The predicted octanol–water partition coefficient (Wildman–Crippen LogP) is 4.53. The van der Waals surface area contributed by atoms with Gasteiger partial charge in [-0.1, -0.05) is 17.7 Å². The molecule has 0 unspecified atom stereocenters. The van der Waals surface area contributed by atoms with E-state index in [9.17, 15) is 0 Å². The van der Waals surface area contributed by atoms with Crippen molar-refractivity contribution in [3.63, 3.8) is 0 Å². The van der Waals surface area contributed by atoms with Crippen molar-refractivity contribution in [1.29, 1.82) is 0 Å². The van der Waals surface area contributed by atoms with E-state index in [1.807, 2.05) is 25.1 Å². The maximum atomic E-state index is 6.18. The van der Waals surface area contributed by atoms with Gasteiger partial charge in [0.25, 0.3) is 0 Å². The Morgan fingerprint density at radius 3 is 2.73 bits per heavy atom. The molecule has 1 aromatic heterocycles. The summed E-state index contributed by atoms with van der Waals surface area (Å²) in [6.07, 6.45) is 0. The van der Waals surface area contributed by atoms with Gasteiger partial charge in [0.05, 0.1) is 6.04 Å². The summed E-state index contributed by atoms with van der Waals surface area (Å²) in [5.41, 5.74) is 4.63. The van der Waals surface area contributed by atoms with E-state index >= 15 is 0 Å². The molecule has 0 amide bonds. The molecule has 1 aliphatic rings. The normalized spacial score (nSPS) is 17.3. The second-order valence-corrected chi connectivity index (χ2v) is 6.61. The highest BCUT2D eigenvalue weighted by atomic mass is 35.5. The second-order valence-electron chi connectivity index (χ2n) is 5.81. The summed E-state index contributed by atoms with van der Waals surface area (Å²) in [6, 6.07) is 10.6. The maximum Gasteiger partial charge on any atom is 0.174 e. The van der Waals surface area contributed by atoms with Crippen molar-refractivity contribution < 1.29 is 0 Å². The minimum atomic E-state index is 0.267. The van der Waals surface area contributed by atoms with Gasteiger partial charge in [-0.05, 0) is 62.8 Å². The summed E-state index contributed by atoms with van der Waals surface area (Å²) >= 11 is 11.8. The zero-order valence-electron chi connectivity index (χ0n) is 13.1. The van der Waals surface area contributed by atoms with Gasteiger partial charge < -0.3 is 14.8 Å². The Morgan fingerprint density at radius 2 is 2.00 bits per heavy atom. The van der Waals surface area contributed by atoms with E-state index in [0.717, 1.165) is 34.5 Å². The average molecular weight is 334 g/mol. The molecule has 0 aliphatic carbocycles. The summed E-state index contributed by atoms with van der Waals surface area (Å²) in [5.74, 6) is 0. The van der Waals surface area contributed by atoms with Gasteiger partial charge in [0, 0.05) is 35.2 Å². The number of hydrogen-bond acceptors (Lipinski definition) is 1. The third-order valence-corrected chi connectivity index (χ3v) is 5.12. The van der Waals surface area contributed by atoms with Gasteiger partial charge in [0.15, 0.2) is 5.11 Å². The van der Waals surface area contributed by atoms with Crippen LogP contribution in [0.5, 0.6) is 0 Å². The van der Waals surface area contributed by atoms with Crippen molar-refractivity contribution in [2.75, 3.05) is 11.9 Å². The monoisotopic (exact) mass is 333 g/mol. The molecule has 1 aliphatic heterocycles. The van der Waals surface area contributed by atoms with E-state index in [1.165, 1.54) is 11.4 Å². The quantitative estimate of drug-likeness (QED) is 0.774. The minimum absolute atomic E-state index is 0.267. The number of anilines is 1. The van der Waals surface area contributed by atoms with Crippen LogP contribution >= 0.6 is 23.8 Å². The van der Waals surface area contributed by atoms with Crippen LogP contribution in [0.1, 0.15) is 29.9 Å². The molecule has 0 fully saturated rings. The van der Waals surface area contributed by atoms with Crippen molar-refractivity contribution in [1.82, 2.24) is 9.47 Å². The Morgan fingerprint density at radius 1 is 1.23 bits per heavy atom. The lowest BCUT2D eigenvalue weighted by Gasteiger charge is -2.37. The van der Waals surface area contributed by atoms with E-state index in [2.05, 4.69) is 40.8 Å². The molecule has 116 valence electrons. The number of thiocarbonyl (C=S) groups is 1. The third kappa shape index (κ3) is 2.73. The number of hydrogen-bond donors (Lipinski definition) is 1. The molecule has 5 heteroatoms. The molecular formula is C17H20ClN3S. The lowest BCUT2D eigenvalue weighted by atomic mass is 10.1. The van der Waals surface area contributed by atoms with Crippen LogP contribution in [-0.4, -0.2) is 21.1 Å². The summed E-state index contributed by atoms with van der Waals surface area (Å²) in [6.45, 7) is 8.22. The second kappa shape index (κ2) is 5.94. The van der Waals surface area contributed by atoms with E-state index in [0.29, 0.717) is 0 Å². The molecule has 0 radical (unpaired) electrons. The molecule has 0 saturated carbocycles. The Bertz CT molecular complexity index is 723. The molecule has 0 bridgehead atoms. The number of aryl methyl sites for hydroxylation is 2. The molecule has 0 saturated heterocycles. The smallest absolute Gasteiger partial charge is 0.174 e. The van der Waals surface area contributed by atoms with Crippen LogP contribution < -0.4 is 5.32 Å². The first-order valence-corrected chi connectivity index (χ1v) is 8.26. The summed E-state index contributed by atoms with van der Waals surface area (Å²) in [4.78, 5) is 2.23.